The topological polar surface area (TPSA) is 47.6 Å². The first-order valence-corrected chi connectivity index (χ1v) is 5.89. The summed E-state index contributed by atoms with van der Waals surface area (Å²) in [5.41, 5.74) is 0.305. The molecule has 98 valence electrons. The molecule has 1 aromatic carbocycles. The molecule has 2 atom stereocenters. The van der Waals surface area contributed by atoms with Gasteiger partial charge in [0, 0.05) is 12.5 Å². The van der Waals surface area contributed by atoms with Crippen molar-refractivity contribution in [1.29, 1.82) is 0 Å². The van der Waals surface area contributed by atoms with Crippen molar-refractivity contribution >= 4 is 11.7 Å². The molecule has 1 fully saturated rings. The van der Waals surface area contributed by atoms with E-state index in [0.717, 1.165) is 6.42 Å². The molecule has 0 aromatic heterocycles. The van der Waals surface area contributed by atoms with Crippen LogP contribution in [0.5, 0.6) is 0 Å². The summed E-state index contributed by atoms with van der Waals surface area (Å²) in [6.45, 7) is 1.11. The standard InChI is InChI=1S/C13H16FNO3/c1-17-13(16)12(9-6-7-18-8-9)15-11-5-3-2-4-10(11)14/h2-5,9,12,15H,6-8H2,1H3. The van der Waals surface area contributed by atoms with Crippen LogP contribution in [0.3, 0.4) is 0 Å². The Balaban J connectivity index is 2.14. The molecule has 4 nitrogen and oxygen atoms in total. The van der Waals surface area contributed by atoms with Gasteiger partial charge in [-0.3, -0.25) is 0 Å². The summed E-state index contributed by atoms with van der Waals surface area (Å²) in [6, 6.07) is 5.69. The Bertz CT molecular complexity index is 418. The average molecular weight is 253 g/mol. The first kappa shape index (κ1) is 12.8. The second kappa shape index (κ2) is 5.82. The van der Waals surface area contributed by atoms with Gasteiger partial charge in [0.2, 0.25) is 0 Å². The molecule has 18 heavy (non-hydrogen) atoms. The summed E-state index contributed by atoms with van der Waals surface area (Å²) in [6.07, 6.45) is 0.765. The van der Waals surface area contributed by atoms with E-state index >= 15 is 0 Å². The number of benzene rings is 1. The number of esters is 1. The number of carbonyl (C=O) groups excluding carboxylic acids is 1. The van der Waals surface area contributed by atoms with E-state index in [-0.39, 0.29) is 11.7 Å². The second-order valence-electron chi connectivity index (χ2n) is 4.25. The van der Waals surface area contributed by atoms with Crippen LogP contribution in [0.4, 0.5) is 10.1 Å². The molecule has 0 aliphatic carbocycles. The Morgan fingerprint density at radius 2 is 2.33 bits per heavy atom. The molecule has 1 aliphatic heterocycles. The number of ether oxygens (including phenoxy) is 2. The molecule has 1 saturated heterocycles. The van der Waals surface area contributed by atoms with Crippen molar-refractivity contribution in [3.8, 4) is 0 Å². The van der Waals surface area contributed by atoms with Crippen molar-refractivity contribution in [1.82, 2.24) is 0 Å². The molecular weight excluding hydrogens is 237 g/mol. The first-order chi connectivity index (χ1) is 8.72. The predicted molar refractivity (Wildman–Crippen MR) is 64.8 cm³/mol. The molecular formula is C13H16FNO3. The third-order valence-electron chi connectivity index (χ3n) is 3.08. The number of halogens is 1. The lowest BCUT2D eigenvalue weighted by molar-refractivity contribution is -0.142. The van der Waals surface area contributed by atoms with Crippen molar-refractivity contribution in [3.63, 3.8) is 0 Å². The monoisotopic (exact) mass is 253 g/mol. The van der Waals surface area contributed by atoms with Crippen LogP contribution in [0.1, 0.15) is 6.42 Å². The Labute approximate surface area is 105 Å². The van der Waals surface area contributed by atoms with Gasteiger partial charge >= 0.3 is 5.97 Å². The highest BCUT2D eigenvalue weighted by Gasteiger charge is 2.32. The van der Waals surface area contributed by atoms with Crippen molar-refractivity contribution in [2.45, 2.75) is 12.5 Å². The minimum Gasteiger partial charge on any atom is -0.467 e. The molecule has 5 heteroatoms. The van der Waals surface area contributed by atoms with E-state index in [4.69, 9.17) is 9.47 Å². The van der Waals surface area contributed by atoms with Crippen LogP contribution < -0.4 is 5.32 Å². The smallest absolute Gasteiger partial charge is 0.328 e. The van der Waals surface area contributed by atoms with Gasteiger partial charge in [0.1, 0.15) is 11.9 Å². The summed E-state index contributed by atoms with van der Waals surface area (Å²) >= 11 is 0. The van der Waals surface area contributed by atoms with Crippen LogP contribution in [-0.4, -0.2) is 32.3 Å². The van der Waals surface area contributed by atoms with Crippen molar-refractivity contribution < 1.29 is 18.7 Å². The lowest BCUT2D eigenvalue weighted by Gasteiger charge is -2.22. The molecule has 1 aromatic rings. The van der Waals surface area contributed by atoms with Gasteiger partial charge in [0.15, 0.2) is 0 Å². The number of para-hydroxylation sites is 1. The summed E-state index contributed by atoms with van der Waals surface area (Å²) in [4.78, 5) is 11.8. The third kappa shape index (κ3) is 2.79. The van der Waals surface area contributed by atoms with Gasteiger partial charge < -0.3 is 14.8 Å². The molecule has 0 saturated carbocycles. The van der Waals surface area contributed by atoms with E-state index in [0.29, 0.717) is 18.9 Å². The summed E-state index contributed by atoms with van der Waals surface area (Å²) in [7, 11) is 1.33. The third-order valence-corrected chi connectivity index (χ3v) is 3.08. The molecule has 2 unspecified atom stereocenters. The largest absolute Gasteiger partial charge is 0.467 e. The molecule has 1 heterocycles. The van der Waals surface area contributed by atoms with Gasteiger partial charge in [-0.25, -0.2) is 9.18 Å². The van der Waals surface area contributed by atoms with Gasteiger partial charge in [0.05, 0.1) is 19.4 Å². The fourth-order valence-corrected chi connectivity index (χ4v) is 2.06. The number of hydrogen-bond acceptors (Lipinski definition) is 4. The van der Waals surface area contributed by atoms with Crippen LogP contribution in [0, 0.1) is 11.7 Å². The zero-order chi connectivity index (χ0) is 13.0. The quantitative estimate of drug-likeness (QED) is 0.831. The van der Waals surface area contributed by atoms with Crippen LogP contribution >= 0.6 is 0 Å². The highest BCUT2D eigenvalue weighted by atomic mass is 19.1. The maximum absolute atomic E-state index is 13.6. The Hall–Kier alpha value is -1.62. The summed E-state index contributed by atoms with van der Waals surface area (Å²) < 4.78 is 23.6. The fourth-order valence-electron chi connectivity index (χ4n) is 2.06. The molecule has 0 bridgehead atoms. The minimum absolute atomic E-state index is 0.0112. The highest BCUT2D eigenvalue weighted by molar-refractivity contribution is 5.79. The summed E-state index contributed by atoms with van der Waals surface area (Å²) in [5.74, 6) is -0.767. The summed E-state index contributed by atoms with van der Waals surface area (Å²) in [5, 5.41) is 2.91. The van der Waals surface area contributed by atoms with Gasteiger partial charge in [-0.05, 0) is 18.6 Å². The maximum atomic E-state index is 13.6. The Morgan fingerprint density at radius 1 is 1.56 bits per heavy atom. The zero-order valence-electron chi connectivity index (χ0n) is 10.2. The fraction of sp³-hybridized carbons (Fsp3) is 0.462. The predicted octanol–water partition coefficient (Wildman–Crippen LogP) is 1.82. The van der Waals surface area contributed by atoms with Crippen LogP contribution in [0.25, 0.3) is 0 Å². The number of methoxy groups -OCH3 is 1. The molecule has 1 aliphatic rings. The lowest BCUT2D eigenvalue weighted by atomic mass is 9.98. The van der Waals surface area contributed by atoms with Crippen LogP contribution in [0.2, 0.25) is 0 Å². The number of anilines is 1. The van der Waals surface area contributed by atoms with Crippen LogP contribution in [0.15, 0.2) is 24.3 Å². The Morgan fingerprint density at radius 3 is 2.94 bits per heavy atom. The molecule has 1 N–H and O–H groups in total. The average Bonchev–Trinajstić information content (AvgIpc) is 2.90. The number of hydrogen-bond donors (Lipinski definition) is 1. The van der Waals surface area contributed by atoms with Gasteiger partial charge in [0.25, 0.3) is 0 Å². The number of nitrogens with one attached hydrogen (secondary N) is 1. The molecule has 0 radical (unpaired) electrons. The second-order valence-corrected chi connectivity index (χ2v) is 4.25. The van der Waals surface area contributed by atoms with E-state index in [1.54, 1.807) is 18.2 Å². The van der Waals surface area contributed by atoms with Gasteiger partial charge in [-0.15, -0.1) is 0 Å². The van der Waals surface area contributed by atoms with Gasteiger partial charge in [-0.1, -0.05) is 12.1 Å². The zero-order valence-corrected chi connectivity index (χ0v) is 10.2. The van der Waals surface area contributed by atoms with E-state index in [2.05, 4.69) is 5.32 Å². The molecule has 0 amide bonds. The highest BCUT2D eigenvalue weighted by Crippen LogP contribution is 2.22. The molecule has 0 spiro atoms. The van der Waals surface area contributed by atoms with Crippen LogP contribution in [-0.2, 0) is 14.3 Å². The van der Waals surface area contributed by atoms with Crippen molar-refractivity contribution in [2.75, 3.05) is 25.6 Å². The molecule has 2 rings (SSSR count). The van der Waals surface area contributed by atoms with E-state index < -0.39 is 12.0 Å². The number of rotatable bonds is 4. The normalized spacial score (nSPS) is 20.4. The first-order valence-electron chi connectivity index (χ1n) is 5.89. The van der Waals surface area contributed by atoms with Crippen molar-refractivity contribution in [3.05, 3.63) is 30.1 Å². The van der Waals surface area contributed by atoms with Crippen molar-refractivity contribution in [2.24, 2.45) is 5.92 Å². The van der Waals surface area contributed by atoms with E-state index in [1.807, 2.05) is 0 Å². The van der Waals surface area contributed by atoms with Gasteiger partial charge in [-0.2, -0.15) is 0 Å². The lowest BCUT2D eigenvalue weighted by Crippen LogP contribution is -2.38. The minimum atomic E-state index is -0.575. The van der Waals surface area contributed by atoms with E-state index in [9.17, 15) is 9.18 Å². The maximum Gasteiger partial charge on any atom is 0.328 e. The SMILES string of the molecule is COC(=O)C(Nc1ccccc1F)C1CCOC1. The number of carbonyl (C=O) groups is 1. The Kier molecular flexibility index (Phi) is 4.15. The van der Waals surface area contributed by atoms with E-state index in [1.165, 1.54) is 13.2 Å².